The van der Waals surface area contributed by atoms with Gasteiger partial charge in [0.05, 0.1) is 24.3 Å². The molecule has 152 valence electrons. The highest BCUT2D eigenvalue weighted by Gasteiger charge is 2.22. The van der Waals surface area contributed by atoms with Crippen LogP contribution in [0.2, 0.25) is 0 Å². The van der Waals surface area contributed by atoms with E-state index in [0.717, 1.165) is 27.3 Å². The lowest BCUT2D eigenvalue weighted by molar-refractivity contribution is 0.0823. The highest BCUT2D eigenvalue weighted by atomic mass is 79.9. The molecule has 0 aliphatic carbocycles. The van der Waals surface area contributed by atoms with Crippen molar-refractivity contribution in [2.45, 2.75) is 32.8 Å². The summed E-state index contributed by atoms with van der Waals surface area (Å²) in [5.74, 6) is 2.50. The minimum absolute atomic E-state index is 0.120. The minimum Gasteiger partial charge on any atom is -0.493 e. The molecule has 0 fully saturated rings. The average Bonchev–Trinajstić information content (AvgIpc) is 2.70. The van der Waals surface area contributed by atoms with E-state index in [1.165, 1.54) is 5.56 Å². The van der Waals surface area contributed by atoms with Gasteiger partial charge in [-0.15, -0.1) is 0 Å². The molecule has 29 heavy (non-hydrogen) atoms. The van der Waals surface area contributed by atoms with Gasteiger partial charge in [-0.2, -0.15) is 0 Å². The molecule has 3 rings (SSSR count). The van der Waals surface area contributed by atoms with Crippen molar-refractivity contribution in [1.82, 2.24) is 0 Å². The quantitative estimate of drug-likeness (QED) is 0.343. The Kier molecular flexibility index (Phi) is 7.34. The summed E-state index contributed by atoms with van der Waals surface area (Å²) in [6.07, 6.45) is 0. The van der Waals surface area contributed by atoms with Crippen LogP contribution in [0.5, 0.6) is 17.2 Å². The normalized spacial score (nSPS) is 11.3. The molecule has 3 aromatic carbocycles. The van der Waals surface area contributed by atoms with Crippen molar-refractivity contribution in [3.05, 3.63) is 88.4 Å². The van der Waals surface area contributed by atoms with Crippen LogP contribution in [-0.4, -0.2) is 13.2 Å². The second-order valence-electron chi connectivity index (χ2n) is 7.52. The van der Waals surface area contributed by atoms with Gasteiger partial charge >= 0.3 is 0 Å². The number of hydrogen-bond acceptors (Lipinski definition) is 3. The molecule has 0 N–H and O–H groups in total. The van der Waals surface area contributed by atoms with Crippen molar-refractivity contribution in [1.29, 1.82) is 0 Å². The fourth-order valence-electron chi connectivity index (χ4n) is 3.03. The lowest BCUT2D eigenvalue weighted by Gasteiger charge is -2.26. The summed E-state index contributed by atoms with van der Waals surface area (Å²) in [6.45, 7) is 8.15. The first-order valence-electron chi connectivity index (χ1n) is 9.80. The fraction of sp³-hybridized carbons (Fsp3) is 0.280. The number of rotatable bonds is 9. The lowest BCUT2D eigenvalue weighted by atomic mass is 9.85. The third-order valence-electron chi connectivity index (χ3n) is 4.62. The molecule has 0 aliphatic heterocycles. The Labute approximate surface area is 181 Å². The van der Waals surface area contributed by atoms with Gasteiger partial charge in [0.15, 0.2) is 0 Å². The molecule has 0 amide bonds. The molecule has 0 radical (unpaired) electrons. The molecule has 0 unspecified atom stereocenters. The van der Waals surface area contributed by atoms with E-state index < -0.39 is 0 Å². The zero-order chi connectivity index (χ0) is 20.7. The highest BCUT2D eigenvalue weighted by molar-refractivity contribution is 9.10. The monoisotopic (exact) mass is 454 g/mol. The first-order chi connectivity index (χ1) is 14.0. The van der Waals surface area contributed by atoms with E-state index in [1.54, 1.807) is 0 Å². The van der Waals surface area contributed by atoms with Crippen molar-refractivity contribution >= 4 is 15.9 Å². The Morgan fingerprint density at radius 3 is 2.34 bits per heavy atom. The molecular weight excluding hydrogens is 428 g/mol. The van der Waals surface area contributed by atoms with Gasteiger partial charge in [-0.3, -0.25) is 0 Å². The van der Waals surface area contributed by atoms with Gasteiger partial charge in [0, 0.05) is 5.41 Å². The van der Waals surface area contributed by atoms with Crippen LogP contribution >= 0.6 is 15.9 Å². The third-order valence-corrected chi connectivity index (χ3v) is 5.24. The Morgan fingerprint density at radius 2 is 1.62 bits per heavy atom. The number of halogens is 1. The van der Waals surface area contributed by atoms with Crippen LogP contribution in [0.25, 0.3) is 0 Å². The largest absolute Gasteiger partial charge is 0.493 e. The molecule has 0 bridgehead atoms. The SMILES string of the molecule is CCOc1ccc(C(C)(C)COCc2cccc(Oc3ccccc3)c2)cc1Br. The molecule has 3 aromatic rings. The maximum Gasteiger partial charge on any atom is 0.133 e. The van der Waals surface area contributed by atoms with E-state index in [4.69, 9.17) is 14.2 Å². The minimum atomic E-state index is -0.120. The first kappa shape index (κ1) is 21.4. The van der Waals surface area contributed by atoms with Gasteiger partial charge in [0.25, 0.3) is 0 Å². The predicted octanol–water partition coefficient (Wildman–Crippen LogP) is 7.13. The topological polar surface area (TPSA) is 27.7 Å². The Bertz CT molecular complexity index is 922. The lowest BCUT2D eigenvalue weighted by Crippen LogP contribution is -2.24. The summed E-state index contributed by atoms with van der Waals surface area (Å²) in [7, 11) is 0. The zero-order valence-electron chi connectivity index (χ0n) is 17.2. The van der Waals surface area contributed by atoms with Crippen LogP contribution in [0.3, 0.4) is 0 Å². The Hall–Kier alpha value is -2.30. The molecule has 0 heterocycles. The standard InChI is InChI=1S/C25H27BrO3/c1-4-28-24-14-13-20(16-23(24)26)25(2,3)18-27-17-19-9-8-12-22(15-19)29-21-10-6-5-7-11-21/h5-16H,4,17-18H2,1-3H3. The number of hydrogen-bond donors (Lipinski definition) is 0. The second kappa shape index (κ2) is 9.95. The van der Waals surface area contributed by atoms with Crippen molar-refractivity contribution in [2.24, 2.45) is 0 Å². The third kappa shape index (κ3) is 6.09. The molecule has 0 aliphatic rings. The van der Waals surface area contributed by atoms with Gasteiger partial charge in [-0.1, -0.05) is 50.2 Å². The summed E-state index contributed by atoms with van der Waals surface area (Å²) in [5.41, 5.74) is 2.17. The van der Waals surface area contributed by atoms with E-state index in [9.17, 15) is 0 Å². The maximum absolute atomic E-state index is 6.06. The summed E-state index contributed by atoms with van der Waals surface area (Å²) >= 11 is 3.60. The molecule has 0 aromatic heterocycles. The van der Waals surface area contributed by atoms with Crippen molar-refractivity contribution in [3.8, 4) is 17.2 Å². The molecule has 0 saturated carbocycles. The average molecular weight is 455 g/mol. The zero-order valence-corrected chi connectivity index (χ0v) is 18.7. The van der Waals surface area contributed by atoms with Crippen LogP contribution in [0.1, 0.15) is 31.9 Å². The van der Waals surface area contributed by atoms with Crippen LogP contribution in [0, 0.1) is 0 Å². The highest BCUT2D eigenvalue weighted by Crippen LogP contribution is 2.32. The van der Waals surface area contributed by atoms with E-state index >= 15 is 0 Å². The first-order valence-corrected chi connectivity index (χ1v) is 10.6. The van der Waals surface area contributed by atoms with Crippen LogP contribution in [0.4, 0.5) is 0 Å². The summed E-state index contributed by atoms with van der Waals surface area (Å²) in [5, 5.41) is 0. The van der Waals surface area contributed by atoms with Crippen molar-refractivity contribution in [2.75, 3.05) is 13.2 Å². The van der Waals surface area contributed by atoms with E-state index in [1.807, 2.05) is 61.5 Å². The number of para-hydroxylation sites is 1. The molecular formula is C25H27BrO3. The van der Waals surface area contributed by atoms with Gasteiger partial charge in [-0.25, -0.2) is 0 Å². The smallest absolute Gasteiger partial charge is 0.133 e. The molecule has 0 saturated heterocycles. The van der Waals surface area contributed by atoms with Crippen molar-refractivity contribution < 1.29 is 14.2 Å². The van der Waals surface area contributed by atoms with Crippen LogP contribution in [-0.2, 0) is 16.8 Å². The Balaban J connectivity index is 1.59. The van der Waals surface area contributed by atoms with Gasteiger partial charge in [0.2, 0.25) is 0 Å². The van der Waals surface area contributed by atoms with E-state index in [-0.39, 0.29) is 5.41 Å². The van der Waals surface area contributed by atoms with E-state index in [2.05, 4.69) is 48.0 Å². The molecule has 4 heteroatoms. The number of benzene rings is 3. The molecule has 0 atom stereocenters. The second-order valence-corrected chi connectivity index (χ2v) is 8.37. The molecule has 3 nitrogen and oxygen atoms in total. The van der Waals surface area contributed by atoms with Crippen LogP contribution < -0.4 is 9.47 Å². The van der Waals surface area contributed by atoms with Crippen molar-refractivity contribution in [3.63, 3.8) is 0 Å². The maximum atomic E-state index is 6.06. The summed E-state index contributed by atoms with van der Waals surface area (Å²) in [6, 6.07) is 24.0. The van der Waals surface area contributed by atoms with E-state index in [0.29, 0.717) is 19.8 Å². The predicted molar refractivity (Wildman–Crippen MR) is 121 cm³/mol. The fourth-order valence-corrected chi connectivity index (χ4v) is 3.52. The summed E-state index contributed by atoms with van der Waals surface area (Å²) in [4.78, 5) is 0. The molecule has 0 spiro atoms. The van der Waals surface area contributed by atoms with Crippen LogP contribution in [0.15, 0.2) is 77.3 Å². The van der Waals surface area contributed by atoms with Gasteiger partial charge in [0.1, 0.15) is 17.2 Å². The Morgan fingerprint density at radius 1 is 0.862 bits per heavy atom. The number of ether oxygens (including phenoxy) is 3. The van der Waals surface area contributed by atoms with Gasteiger partial charge < -0.3 is 14.2 Å². The van der Waals surface area contributed by atoms with Gasteiger partial charge in [-0.05, 0) is 70.4 Å². The summed E-state index contributed by atoms with van der Waals surface area (Å²) < 4.78 is 18.5.